The number of hydrogen-bond donors (Lipinski definition) is 1. The Morgan fingerprint density at radius 1 is 1.50 bits per heavy atom. The van der Waals surface area contributed by atoms with Crippen molar-refractivity contribution in [1.82, 2.24) is 0 Å². The fraction of sp³-hybridized carbons (Fsp3) is 0.700. The van der Waals surface area contributed by atoms with Crippen LogP contribution >= 0.6 is 0 Å². The predicted molar refractivity (Wildman–Crippen MR) is 51.6 cm³/mol. The Kier molecular flexibility index (Phi) is 9.26. The Labute approximate surface area is 96.0 Å². The van der Waals surface area contributed by atoms with Crippen molar-refractivity contribution in [2.45, 2.75) is 33.3 Å². The van der Waals surface area contributed by atoms with E-state index in [2.05, 4.69) is 0 Å². The quantitative estimate of drug-likeness (QED) is 0.461. The maximum atomic E-state index is 11.2. The van der Waals surface area contributed by atoms with Crippen LogP contribution in [0.3, 0.4) is 0 Å². The van der Waals surface area contributed by atoms with Gasteiger partial charge in [-0.15, -0.1) is 0 Å². The van der Waals surface area contributed by atoms with Crippen molar-refractivity contribution >= 4 is 5.78 Å². The second-order valence-electron chi connectivity index (χ2n) is 3.26. The topological polar surface area (TPSA) is 46.5 Å². The number of hydrogen-bond acceptors (Lipinski definition) is 3. The summed E-state index contributed by atoms with van der Waals surface area (Å²) in [5, 5.41) is 9.44. The predicted octanol–water partition coefficient (Wildman–Crippen LogP) is 2.08. The molecule has 0 aromatic carbocycles. The molecule has 0 saturated carbocycles. The number of carbonyl (C=O) groups excluding carboxylic acids is 1. The van der Waals surface area contributed by atoms with Gasteiger partial charge in [-0.25, -0.2) is 0 Å². The van der Waals surface area contributed by atoms with Gasteiger partial charge in [-0.1, -0.05) is 20.8 Å². The summed E-state index contributed by atoms with van der Waals surface area (Å²) in [5.41, 5.74) is 0. The van der Waals surface area contributed by atoms with E-state index < -0.39 is 0 Å². The summed E-state index contributed by atoms with van der Waals surface area (Å²) in [6, 6.07) is 0. The summed E-state index contributed by atoms with van der Waals surface area (Å²) < 4.78 is 4.97. The number of carbonyl (C=O) groups is 1. The van der Waals surface area contributed by atoms with Gasteiger partial charge in [0.1, 0.15) is 11.9 Å². The van der Waals surface area contributed by atoms with E-state index in [1.165, 1.54) is 13.2 Å². The van der Waals surface area contributed by atoms with Gasteiger partial charge in [0.15, 0.2) is 5.78 Å². The molecular formula is C10H18CuO3. The van der Waals surface area contributed by atoms with Gasteiger partial charge >= 0.3 is 0 Å². The second-order valence-corrected chi connectivity index (χ2v) is 3.26. The molecule has 0 aliphatic rings. The third kappa shape index (κ3) is 5.43. The molecule has 0 amide bonds. The van der Waals surface area contributed by atoms with Crippen molar-refractivity contribution in [3.05, 3.63) is 11.8 Å². The first kappa shape index (κ1) is 16.1. The summed E-state index contributed by atoms with van der Waals surface area (Å²) in [4.78, 5) is 11.2. The fourth-order valence-corrected chi connectivity index (χ4v) is 0.902. The van der Waals surface area contributed by atoms with Gasteiger partial charge in [0, 0.05) is 36.2 Å². The van der Waals surface area contributed by atoms with Crippen LogP contribution in [-0.4, -0.2) is 24.1 Å². The molecule has 1 atom stereocenters. The van der Waals surface area contributed by atoms with Crippen LogP contribution in [0.4, 0.5) is 0 Å². The Morgan fingerprint density at radius 3 is 2.29 bits per heavy atom. The van der Waals surface area contributed by atoms with Gasteiger partial charge in [-0.05, 0) is 6.42 Å². The molecule has 0 heterocycles. The molecule has 0 spiro atoms. The summed E-state index contributed by atoms with van der Waals surface area (Å²) in [5.74, 6) is -0.145. The number of aliphatic hydroxyl groups excluding tert-OH is 1. The van der Waals surface area contributed by atoms with Crippen LogP contribution in [0.1, 0.15) is 27.2 Å². The average Bonchev–Trinajstić information content (AvgIpc) is 2.06. The first-order valence-electron chi connectivity index (χ1n) is 4.50. The number of rotatable bonds is 5. The van der Waals surface area contributed by atoms with E-state index in [0.717, 1.165) is 0 Å². The molecule has 3 nitrogen and oxygen atoms in total. The minimum atomic E-state index is -0.359. The average molecular weight is 250 g/mol. The number of ether oxygens (including phenoxy) is 1. The zero-order valence-corrected chi connectivity index (χ0v) is 9.95. The van der Waals surface area contributed by atoms with E-state index in [1.807, 2.05) is 6.92 Å². The van der Waals surface area contributed by atoms with Gasteiger partial charge in [0.2, 0.25) is 0 Å². The van der Waals surface area contributed by atoms with Crippen LogP contribution in [0.25, 0.3) is 0 Å². The van der Waals surface area contributed by atoms with Crippen LogP contribution in [0.5, 0.6) is 0 Å². The van der Waals surface area contributed by atoms with Crippen molar-refractivity contribution in [3.63, 3.8) is 0 Å². The SMILES string of the molecule is CCC(OC)/C(O)=C/C(=O)C(C)C.[Cu]. The number of allylic oxidation sites excluding steroid dienone is 1. The molecule has 1 unspecified atom stereocenters. The van der Waals surface area contributed by atoms with E-state index in [1.54, 1.807) is 13.8 Å². The fourth-order valence-electron chi connectivity index (χ4n) is 0.902. The molecule has 0 saturated heterocycles. The van der Waals surface area contributed by atoms with Gasteiger partial charge in [0.25, 0.3) is 0 Å². The third-order valence-electron chi connectivity index (χ3n) is 1.84. The molecule has 1 radical (unpaired) electrons. The summed E-state index contributed by atoms with van der Waals surface area (Å²) >= 11 is 0. The smallest absolute Gasteiger partial charge is 0.161 e. The molecule has 0 aliphatic heterocycles. The minimum absolute atomic E-state index is 0. The Bertz CT molecular complexity index is 196. The zero-order chi connectivity index (χ0) is 10.4. The van der Waals surface area contributed by atoms with Gasteiger partial charge in [-0.2, -0.15) is 0 Å². The first-order valence-corrected chi connectivity index (χ1v) is 4.50. The second kappa shape index (κ2) is 8.04. The van der Waals surface area contributed by atoms with Gasteiger partial charge in [0.05, 0.1) is 0 Å². The molecule has 0 aliphatic carbocycles. The van der Waals surface area contributed by atoms with Crippen molar-refractivity contribution in [2.24, 2.45) is 5.92 Å². The summed E-state index contributed by atoms with van der Waals surface area (Å²) in [6.07, 6.45) is 1.55. The maximum absolute atomic E-state index is 11.2. The molecule has 14 heavy (non-hydrogen) atoms. The number of ketones is 1. The summed E-state index contributed by atoms with van der Waals surface area (Å²) in [6.45, 7) is 5.47. The molecular weight excluding hydrogens is 232 g/mol. The van der Waals surface area contributed by atoms with Crippen molar-refractivity contribution in [1.29, 1.82) is 0 Å². The van der Waals surface area contributed by atoms with Gasteiger partial charge < -0.3 is 9.84 Å². The van der Waals surface area contributed by atoms with E-state index >= 15 is 0 Å². The van der Waals surface area contributed by atoms with Crippen LogP contribution in [0, 0.1) is 5.92 Å². The Balaban J connectivity index is 0. The summed E-state index contributed by atoms with van der Waals surface area (Å²) in [7, 11) is 1.51. The molecule has 0 fully saturated rings. The maximum Gasteiger partial charge on any atom is 0.161 e. The number of aliphatic hydroxyl groups is 1. The monoisotopic (exact) mass is 249 g/mol. The van der Waals surface area contributed by atoms with Crippen LogP contribution < -0.4 is 0 Å². The normalized spacial score (nSPS) is 13.6. The number of methoxy groups -OCH3 is 1. The standard InChI is InChI=1S/C10H18O3.Cu/c1-5-10(13-4)9(12)6-8(11)7(2)3;/h6-7,10,12H,5H2,1-4H3;/b9-6-;. The van der Waals surface area contributed by atoms with E-state index in [0.29, 0.717) is 6.42 Å². The molecule has 0 aromatic rings. The van der Waals surface area contributed by atoms with Crippen LogP contribution in [0.15, 0.2) is 11.8 Å². The molecule has 1 N–H and O–H groups in total. The van der Waals surface area contributed by atoms with Crippen molar-refractivity contribution < 1.29 is 31.7 Å². The van der Waals surface area contributed by atoms with E-state index in [9.17, 15) is 9.90 Å². The molecule has 4 heteroatoms. The van der Waals surface area contributed by atoms with Crippen LogP contribution in [0.2, 0.25) is 0 Å². The molecule has 87 valence electrons. The molecule has 0 rings (SSSR count). The Morgan fingerprint density at radius 2 is 2.00 bits per heavy atom. The van der Waals surface area contributed by atoms with Crippen molar-refractivity contribution in [2.75, 3.05) is 7.11 Å². The third-order valence-corrected chi connectivity index (χ3v) is 1.84. The largest absolute Gasteiger partial charge is 0.509 e. The Hall–Kier alpha value is -0.311. The van der Waals surface area contributed by atoms with E-state index in [-0.39, 0.29) is 40.6 Å². The van der Waals surface area contributed by atoms with Crippen LogP contribution in [-0.2, 0) is 26.6 Å². The molecule has 0 aromatic heterocycles. The zero-order valence-electron chi connectivity index (χ0n) is 9.00. The minimum Gasteiger partial charge on any atom is -0.509 e. The first-order chi connectivity index (χ1) is 6.02. The van der Waals surface area contributed by atoms with Gasteiger partial charge in [-0.3, -0.25) is 4.79 Å². The molecule has 0 bridgehead atoms. The van der Waals surface area contributed by atoms with E-state index in [4.69, 9.17) is 4.74 Å². The van der Waals surface area contributed by atoms with Crippen molar-refractivity contribution in [3.8, 4) is 0 Å².